The second-order valence-electron chi connectivity index (χ2n) is 7.75. The molecule has 0 radical (unpaired) electrons. The standard InChI is InChI=1S/C25H27ClN2O3S/c1-19-9-12-23(17-20(19)2)27(3)25(29)18-28(16-15-21-7-5-4-6-8-21)32(30,31)24-13-10-22(26)11-14-24/h4-14,17H,15-16,18H2,1-3H3. The summed E-state index contributed by atoms with van der Waals surface area (Å²) in [5, 5.41) is 0.449. The van der Waals surface area contributed by atoms with E-state index in [4.69, 9.17) is 11.6 Å². The van der Waals surface area contributed by atoms with Crippen molar-refractivity contribution in [2.45, 2.75) is 25.2 Å². The van der Waals surface area contributed by atoms with Crippen LogP contribution >= 0.6 is 11.6 Å². The van der Waals surface area contributed by atoms with E-state index in [1.54, 1.807) is 7.05 Å². The van der Waals surface area contributed by atoms with Crippen LogP contribution in [-0.4, -0.2) is 38.8 Å². The van der Waals surface area contributed by atoms with Gasteiger partial charge < -0.3 is 4.90 Å². The molecule has 7 heteroatoms. The Morgan fingerprint density at radius 1 is 0.906 bits per heavy atom. The fourth-order valence-electron chi connectivity index (χ4n) is 3.27. The van der Waals surface area contributed by atoms with Gasteiger partial charge >= 0.3 is 0 Å². The van der Waals surface area contributed by atoms with Gasteiger partial charge in [-0.3, -0.25) is 4.79 Å². The molecule has 168 valence electrons. The van der Waals surface area contributed by atoms with Crippen LogP contribution in [0.5, 0.6) is 0 Å². The fourth-order valence-corrected chi connectivity index (χ4v) is 4.79. The van der Waals surface area contributed by atoms with Gasteiger partial charge in [-0.25, -0.2) is 8.42 Å². The maximum absolute atomic E-state index is 13.4. The number of hydrogen-bond donors (Lipinski definition) is 0. The second-order valence-corrected chi connectivity index (χ2v) is 10.1. The van der Waals surface area contributed by atoms with Crippen LogP contribution in [0.15, 0.2) is 77.7 Å². The normalized spacial score (nSPS) is 11.5. The molecule has 3 aromatic carbocycles. The number of carbonyl (C=O) groups excluding carboxylic acids is 1. The van der Waals surface area contributed by atoms with E-state index >= 15 is 0 Å². The molecule has 0 aliphatic rings. The van der Waals surface area contributed by atoms with Gasteiger partial charge in [0.2, 0.25) is 15.9 Å². The summed E-state index contributed by atoms with van der Waals surface area (Å²) in [6.45, 7) is 3.90. The number of aryl methyl sites for hydroxylation is 2. The van der Waals surface area contributed by atoms with Gasteiger partial charge in [-0.1, -0.05) is 48.0 Å². The molecule has 1 amide bonds. The van der Waals surface area contributed by atoms with Gasteiger partial charge in [0, 0.05) is 24.3 Å². The predicted molar refractivity (Wildman–Crippen MR) is 130 cm³/mol. The molecule has 5 nitrogen and oxygen atoms in total. The van der Waals surface area contributed by atoms with E-state index in [0.717, 1.165) is 22.4 Å². The largest absolute Gasteiger partial charge is 0.314 e. The molecule has 0 aliphatic carbocycles. The highest BCUT2D eigenvalue weighted by atomic mass is 35.5. The molecule has 3 rings (SSSR count). The fraction of sp³-hybridized carbons (Fsp3) is 0.240. The zero-order chi connectivity index (χ0) is 23.3. The van der Waals surface area contributed by atoms with Gasteiger partial charge in [0.15, 0.2) is 0 Å². The van der Waals surface area contributed by atoms with Crippen LogP contribution in [0.4, 0.5) is 5.69 Å². The molecule has 0 spiro atoms. The van der Waals surface area contributed by atoms with Crippen LogP contribution in [0.2, 0.25) is 5.02 Å². The molecule has 0 aromatic heterocycles. The van der Waals surface area contributed by atoms with E-state index in [2.05, 4.69) is 0 Å². The van der Waals surface area contributed by atoms with Gasteiger partial charge in [-0.05, 0) is 73.4 Å². The number of nitrogens with zero attached hydrogens (tertiary/aromatic N) is 2. The molecule has 0 saturated heterocycles. The molecule has 0 saturated carbocycles. The highest BCUT2D eigenvalue weighted by molar-refractivity contribution is 7.89. The number of sulfonamides is 1. The van der Waals surface area contributed by atoms with Gasteiger partial charge in [0.25, 0.3) is 0 Å². The number of halogens is 1. The van der Waals surface area contributed by atoms with E-state index in [-0.39, 0.29) is 23.9 Å². The first-order chi connectivity index (χ1) is 15.2. The summed E-state index contributed by atoms with van der Waals surface area (Å²) in [6, 6.07) is 21.3. The Labute approximate surface area is 195 Å². The van der Waals surface area contributed by atoms with Crippen LogP contribution in [0.25, 0.3) is 0 Å². The Balaban J connectivity index is 1.86. The van der Waals surface area contributed by atoms with E-state index in [1.807, 2.05) is 62.4 Å². The molecular formula is C25H27ClN2O3S. The summed E-state index contributed by atoms with van der Waals surface area (Å²) in [5.74, 6) is -0.307. The molecule has 0 heterocycles. The minimum atomic E-state index is -3.89. The SMILES string of the molecule is Cc1ccc(N(C)C(=O)CN(CCc2ccccc2)S(=O)(=O)c2ccc(Cl)cc2)cc1C. The third-order valence-electron chi connectivity index (χ3n) is 5.51. The summed E-state index contributed by atoms with van der Waals surface area (Å²) in [6.07, 6.45) is 0.494. The highest BCUT2D eigenvalue weighted by Gasteiger charge is 2.28. The number of amides is 1. The first-order valence-electron chi connectivity index (χ1n) is 10.3. The molecule has 0 fully saturated rings. The van der Waals surface area contributed by atoms with E-state index in [1.165, 1.54) is 33.5 Å². The quantitative estimate of drug-likeness (QED) is 0.472. The van der Waals surface area contributed by atoms with E-state index in [9.17, 15) is 13.2 Å². The Morgan fingerprint density at radius 2 is 1.56 bits per heavy atom. The second kappa shape index (κ2) is 10.3. The number of benzene rings is 3. The average Bonchev–Trinajstić information content (AvgIpc) is 2.78. The van der Waals surface area contributed by atoms with Crippen molar-refractivity contribution >= 4 is 33.2 Å². The van der Waals surface area contributed by atoms with E-state index in [0.29, 0.717) is 11.4 Å². The van der Waals surface area contributed by atoms with Crippen molar-refractivity contribution in [3.8, 4) is 0 Å². The van der Waals surface area contributed by atoms with Crippen molar-refractivity contribution in [2.75, 3.05) is 25.0 Å². The summed E-state index contributed by atoms with van der Waals surface area (Å²) >= 11 is 5.93. The zero-order valence-electron chi connectivity index (χ0n) is 18.5. The average molecular weight is 471 g/mol. The maximum Gasteiger partial charge on any atom is 0.243 e. The lowest BCUT2D eigenvalue weighted by Gasteiger charge is -2.25. The first-order valence-corrected chi connectivity index (χ1v) is 12.1. The van der Waals surface area contributed by atoms with Crippen LogP contribution < -0.4 is 4.90 Å². The Bertz CT molecular complexity index is 1180. The minimum Gasteiger partial charge on any atom is -0.314 e. The molecule has 0 unspecified atom stereocenters. The molecular weight excluding hydrogens is 444 g/mol. The van der Waals surface area contributed by atoms with Crippen LogP contribution in [0.3, 0.4) is 0 Å². The number of likely N-dealkylation sites (N-methyl/N-ethyl adjacent to an activating group) is 1. The van der Waals surface area contributed by atoms with Gasteiger partial charge in [-0.15, -0.1) is 0 Å². The van der Waals surface area contributed by atoms with Gasteiger partial charge in [0.05, 0.1) is 11.4 Å². The monoisotopic (exact) mass is 470 g/mol. The summed E-state index contributed by atoms with van der Waals surface area (Å²) in [7, 11) is -2.22. The van der Waals surface area contributed by atoms with Crippen LogP contribution in [0.1, 0.15) is 16.7 Å². The van der Waals surface area contributed by atoms with Crippen molar-refractivity contribution in [1.82, 2.24) is 4.31 Å². The first kappa shape index (κ1) is 24.0. The molecule has 0 aliphatic heterocycles. The topological polar surface area (TPSA) is 57.7 Å². The van der Waals surface area contributed by atoms with Crippen molar-refractivity contribution < 1.29 is 13.2 Å². The lowest BCUT2D eigenvalue weighted by Crippen LogP contribution is -2.42. The lowest BCUT2D eigenvalue weighted by atomic mass is 10.1. The van der Waals surface area contributed by atoms with Crippen molar-refractivity contribution in [2.24, 2.45) is 0 Å². The summed E-state index contributed by atoms with van der Waals surface area (Å²) < 4.78 is 28.0. The summed E-state index contributed by atoms with van der Waals surface area (Å²) in [5.41, 5.74) is 3.92. The minimum absolute atomic E-state index is 0.108. The Hall–Kier alpha value is -2.67. The highest BCUT2D eigenvalue weighted by Crippen LogP contribution is 2.21. The van der Waals surface area contributed by atoms with Crippen molar-refractivity contribution in [3.05, 3.63) is 94.5 Å². The third-order valence-corrected chi connectivity index (χ3v) is 7.62. The number of hydrogen-bond acceptors (Lipinski definition) is 3. The third kappa shape index (κ3) is 5.76. The Kier molecular flexibility index (Phi) is 7.72. The zero-order valence-corrected chi connectivity index (χ0v) is 20.0. The number of carbonyl (C=O) groups is 1. The molecule has 3 aromatic rings. The smallest absolute Gasteiger partial charge is 0.243 e. The summed E-state index contributed by atoms with van der Waals surface area (Å²) in [4.78, 5) is 14.7. The molecule has 0 bridgehead atoms. The van der Waals surface area contributed by atoms with Crippen molar-refractivity contribution in [1.29, 1.82) is 0 Å². The van der Waals surface area contributed by atoms with Crippen LogP contribution in [-0.2, 0) is 21.2 Å². The van der Waals surface area contributed by atoms with Gasteiger partial charge in [0.1, 0.15) is 0 Å². The van der Waals surface area contributed by atoms with Crippen molar-refractivity contribution in [3.63, 3.8) is 0 Å². The molecule has 32 heavy (non-hydrogen) atoms. The van der Waals surface area contributed by atoms with E-state index < -0.39 is 10.0 Å². The number of anilines is 1. The number of rotatable bonds is 8. The predicted octanol–water partition coefficient (Wildman–Crippen LogP) is 4.85. The van der Waals surface area contributed by atoms with Gasteiger partial charge in [-0.2, -0.15) is 4.31 Å². The Morgan fingerprint density at radius 3 is 2.19 bits per heavy atom. The molecule has 0 atom stereocenters. The van der Waals surface area contributed by atoms with Crippen LogP contribution in [0, 0.1) is 13.8 Å². The molecule has 0 N–H and O–H groups in total. The maximum atomic E-state index is 13.4. The lowest BCUT2D eigenvalue weighted by molar-refractivity contribution is -0.118.